The highest BCUT2D eigenvalue weighted by molar-refractivity contribution is 7.99. The SMILES string of the molecule is NC1CCCCCC1C(=O)NCC1CCSC1. The number of amides is 1. The molecule has 3 atom stereocenters. The number of carbonyl (C=O) groups excluding carboxylic acids is 1. The molecule has 3 nitrogen and oxygen atoms in total. The molecule has 17 heavy (non-hydrogen) atoms. The highest BCUT2D eigenvalue weighted by Gasteiger charge is 2.27. The van der Waals surface area contributed by atoms with Gasteiger partial charge in [0, 0.05) is 12.6 Å². The molecule has 0 bridgehead atoms. The van der Waals surface area contributed by atoms with Crippen molar-refractivity contribution in [3.8, 4) is 0 Å². The van der Waals surface area contributed by atoms with Gasteiger partial charge in [-0.3, -0.25) is 4.79 Å². The zero-order chi connectivity index (χ0) is 12.1. The van der Waals surface area contributed by atoms with Gasteiger partial charge in [0.25, 0.3) is 0 Å². The van der Waals surface area contributed by atoms with Crippen molar-refractivity contribution in [2.75, 3.05) is 18.1 Å². The lowest BCUT2D eigenvalue weighted by Crippen LogP contribution is -2.42. The van der Waals surface area contributed by atoms with Crippen LogP contribution in [0, 0.1) is 11.8 Å². The molecule has 1 aliphatic carbocycles. The summed E-state index contributed by atoms with van der Waals surface area (Å²) in [6.07, 6.45) is 6.82. The van der Waals surface area contributed by atoms with Crippen LogP contribution in [0.15, 0.2) is 0 Å². The topological polar surface area (TPSA) is 55.1 Å². The van der Waals surface area contributed by atoms with Crippen LogP contribution in [-0.4, -0.2) is 30.0 Å². The Balaban J connectivity index is 1.76. The second kappa shape index (κ2) is 6.64. The first kappa shape index (κ1) is 13.2. The molecule has 1 heterocycles. The molecule has 0 aromatic rings. The predicted molar refractivity (Wildman–Crippen MR) is 73.0 cm³/mol. The fourth-order valence-electron chi connectivity index (χ4n) is 2.78. The summed E-state index contributed by atoms with van der Waals surface area (Å²) >= 11 is 2.00. The van der Waals surface area contributed by atoms with Gasteiger partial charge in [-0.05, 0) is 36.7 Å². The Hall–Kier alpha value is -0.220. The van der Waals surface area contributed by atoms with E-state index in [1.54, 1.807) is 0 Å². The van der Waals surface area contributed by atoms with Gasteiger partial charge in [-0.2, -0.15) is 11.8 Å². The molecule has 1 saturated carbocycles. The molecule has 0 aromatic carbocycles. The Bertz CT molecular complexity index is 254. The van der Waals surface area contributed by atoms with Crippen molar-refractivity contribution in [2.45, 2.75) is 44.6 Å². The quantitative estimate of drug-likeness (QED) is 0.757. The average molecular weight is 256 g/mol. The van der Waals surface area contributed by atoms with E-state index in [-0.39, 0.29) is 17.9 Å². The second-order valence-corrected chi connectivity index (χ2v) is 6.53. The van der Waals surface area contributed by atoms with E-state index >= 15 is 0 Å². The third kappa shape index (κ3) is 3.88. The minimum Gasteiger partial charge on any atom is -0.356 e. The molecule has 98 valence electrons. The maximum Gasteiger partial charge on any atom is 0.224 e. The van der Waals surface area contributed by atoms with Crippen molar-refractivity contribution >= 4 is 17.7 Å². The smallest absolute Gasteiger partial charge is 0.224 e. The summed E-state index contributed by atoms with van der Waals surface area (Å²) in [5.41, 5.74) is 6.10. The van der Waals surface area contributed by atoms with Gasteiger partial charge >= 0.3 is 0 Å². The van der Waals surface area contributed by atoms with Gasteiger partial charge in [0.1, 0.15) is 0 Å². The lowest BCUT2D eigenvalue weighted by Gasteiger charge is -2.21. The largest absolute Gasteiger partial charge is 0.356 e. The molecule has 3 N–H and O–H groups in total. The summed E-state index contributed by atoms with van der Waals surface area (Å²) in [5.74, 6) is 3.41. The summed E-state index contributed by atoms with van der Waals surface area (Å²) in [5, 5.41) is 3.12. The molecule has 0 spiro atoms. The lowest BCUT2D eigenvalue weighted by atomic mass is 9.94. The van der Waals surface area contributed by atoms with Crippen molar-refractivity contribution in [1.29, 1.82) is 0 Å². The minimum absolute atomic E-state index is 0.0616. The van der Waals surface area contributed by atoms with E-state index < -0.39 is 0 Å². The van der Waals surface area contributed by atoms with E-state index in [1.807, 2.05) is 11.8 Å². The fourth-order valence-corrected chi connectivity index (χ4v) is 4.07. The monoisotopic (exact) mass is 256 g/mol. The molecule has 1 aliphatic heterocycles. The Morgan fingerprint density at radius 1 is 1.24 bits per heavy atom. The highest BCUT2D eigenvalue weighted by Crippen LogP contribution is 2.24. The zero-order valence-electron chi connectivity index (χ0n) is 10.5. The number of hydrogen-bond acceptors (Lipinski definition) is 3. The van der Waals surface area contributed by atoms with Gasteiger partial charge in [-0.15, -0.1) is 0 Å². The van der Waals surface area contributed by atoms with Gasteiger partial charge in [-0.25, -0.2) is 0 Å². The van der Waals surface area contributed by atoms with E-state index in [2.05, 4.69) is 5.32 Å². The van der Waals surface area contributed by atoms with Crippen LogP contribution in [0.5, 0.6) is 0 Å². The first-order valence-electron chi connectivity index (χ1n) is 6.88. The van der Waals surface area contributed by atoms with Gasteiger partial charge in [0.15, 0.2) is 0 Å². The first-order valence-corrected chi connectivity index (χ1v) is 8.04. The summed E-state index contributed by atoms with van der Waals surface area (Å²) in [4.78, 5) is 12.1. The molecule has 1 amide bonds. The molecular weight excluding hydrogens is 232 g/mol. The maximum absolute atomic E-state index is 12.1. The number of thioether (sulfide) groups is 1. The van der Waals surface area contributed by atoms with Gasteiger partial charge in [-0.1, -0.05) is 19.3 Å². The predicted octanol–water partition coefficient (Wildman–Crippen LogP) is 1.76. The summed E-state index contributed by atoms with van der Waals surface area (Å²) in [6.45, 7) is 0.856. The number of nitrogens with two attached hydrogens (primary N) is 1. The summed E-state index contributed by atoms with van der Waals surface area (Å²) in [6, 6.07) is 0.0791. The molecule has 2 rings (SSSR count). The van der Waals surface area contributed by atoms with Crippen LogP contribution in [0.4, 0.5) is 0 Å². The Labute approximate surface area is 108 Å². The molecule has 3 unspecified atom stereocenters. The van der Waals surface area contributed by atoms with Crippen molar-refractivity contribution in [3.63, 3.8) is 0 Å². The average Bonchev–Trinajstić information content (AvgIpc) is 2.75. The minimum atomic E-state index is 0.0616. The van der Waals surface area contributed by atoms with E-state index in [0.717, 1.165) is 25.8 Å². The number of hydrogen-bond donors (Lipinski definition) is 2. The third-order valence-electron chi connectivity index (χ3n) is 4.00. The number of nitrogens with one attached hydrogen (secondary N) is 1. The number of carbonyl (C=O) groups is 1. The third-order valence-corrected chi connectivity index (χ3v) is 5.23. The Morgan fingerprint density at radius 3 is 2.82 bits per heavy atom. The summed E-state index contributed by atoms with van der Waals surface area (Å²) in [7, 11) is 0. The molecule has 0 aromatic heterocycles. The van der Waals surface area contributed by atoms with Crippen molar-refractivity contribution in [2.24, 2.45) is 17.6 Å². The second-order valence-electron chi connectivity index (χ2n) is 5.38. The van der Waals surface area contributed by atoms with Crippen molar-refractivity contribution < 1.29 is 4.79 Å². The van der Waals surface area contributed by atoms with Crippen LogP contribution in [0.1, 0.15) is 38.5 Å². The van der Waals surface area contributed by atoms with Crippen molar-refractivity contribution in [3.05, 3.63) is 0 Å². The van der Waals surface area contributed by atoms with E-state index in [9.17, 15) is 4.79 Å². The van der Waals surface area contributed by atoms with E-state index in [0.29, 0.717) is 5.92 Å². The zero-order valence-corrected chi connectivity index (χ0v) is 11.3. The molecule has 1 saturated heterocycles. The lowest BCUT2D eigenvalue weighted by molar-refractivity contribution is -0.125. The van der Waals surface area contributed by atoms with Gasteiger partial charge < -0.3 is 11.1 Å². The van der Waals surface area contributed by atoms with Crippen LogP contribution < -0.4 is 11.1 Å². The fraction of sp³-hybridized carbons (Fsp3) is 0.923. The van der Waals surface area contributed by atoms with Crippen LogP contribution in [0.3, 0.4) is 0 Å². The molecule has 4 heteroatoms. The standard InChI is InChI=1S/C13H24N2OS/c14-12-5-3-1-2-4-11(12)13(16)15-8-10-6-7-17-9-10/h10-12H,1-9,14H2,(H,15,16). The Morgan fingerprint density at radius 2 is 2.06 bits per heavy atom. The van der Waals surface area contributed by atoms with Crippen LogP contribution in [0.2, 0.25) is 0 Å². The van der Waals surface area contributed by atoms with Crippen LogP contribution in [-0.2, 0) is 4.79 Å². The summed E-state index contributed by atoms with van der Waals surface area (Å²) < 4.78 is 0. The van der Waals surface area contributed by atoms with Gasteiger partial charge in [0.2, 0.25) is 5.91 Å². The first-order chi connectivity index (χ1) is 8.27. The van der Waals surface area contributed by atoms with Crippen LogP contribution in [0.25, 0.3) is 0 Å². The highest BCUT2D eigenvalue weighted by atomic mass is 32.2. The molecule has 0 radical (unpaired) electrons. The van der Waals surface area contributed by atoms with Gasteiger partial charge in [0.05, 0.1) is 5.92 Å². The van der Waals surface area contributed by atoms with E-state index in [1.165, 1.54) is 30.8 Å². The molecular formula is C13H24N2OS. The normalized spacial score (nSPS) is 34.3. The molecule has 2 aliphatic rings. The molecule has 2 fully saturated rings. The number of rotatable bonds is 3. The maximum atomic E-state index is 12.1. The van der Waals surface area contributed by atoms with Crippen molar-refractivity contribution in [1.82, 2.24) is 5.32 Å². The van der Waals surface area contributed by atoms with E-state index in [4.69, 9.17) is 5.73 Å². The van der Waals surface area contributed by atoms with Crippen LogP contribution >= 0.6 is 11.8 Å². The Kier molecular flexibility index (Phi) is 5.16.